The zero-order valence-electron chi connectivity index (χ0n) is 8.19. The molecule has 2 rings (SSSR count). The number of rotatable bonds is 1. The van der Waals surface area contributed by atoms with Gasteiger partial charge in [0, 0.05) is 24.2 Å². The molecule has 2 N–H and O–H groups in total. The first-order chi connectivity index (χ1) is 6.31. The molecule has 2 heterocycles. The SMILES string of the molecule is CCc1cnc2c(c1)[C@@H](N)CCO2.Cl. The number of aryl methyl sites for hydroxylation is 1. The van der Waals surface area contributed by atoms with Gasteiger partial charge in [0.05, 0.1) is 6.61 Å². The van der Waals surface area contributed by atoms with Gasteiger partial charge in [-0.05, 0) is 18.1 Å². The molecule has 4 heteroatoms. The Morgan fingerprint density at radius 3 is 3.14 bits per heavy atom. The number of fused-ring (bicyclic) bond motifs is 1. The third-order valence-corrected chi connectivity index (χ3v) is 2.41. The molecule has 3 nitrogen and oxygen atoms in total. The summed E-state index contributed by atoms with van der Waals surface area (Å²) in [7, 11) is 0. The predicted octanol–water partition coefficient (Wildman–Crippen LogP) is 1.85. The summed E-state index contributed by atoms with van der Waals surface area (Å²) in [5.41, 5.74) is 8.23. The highest BCUT2D eigenvalue weighted by atomic mass is 35.5. The average Bonchev–Trinajstić information content (AvgIpc) is 2.18. The quantitative estimate of drug-likeness (QED) is 0.776. The van der Waals surface area contributed by atoms with Gasteiger partial charge in [-0.3, -0.25) is 0 Å². The summed E-state index contributed by atoms with van der Waals surface area (Å²) in [4.78, 5) is 4.24. The molecule has 0 radical (unpaired) electrons. The van der Waals surface area contributed by atoms with Crippen LogP contribution in [0.15, 0.2) is 12.3 Å². The molecule has 0 unspecified atom stereocenters. The summed E-state index contributed by atoms with van der Waals surface area (Å²) < 4.78 is 5.40. The van der Waals surface area contributed by atoms with Gasteiger partial charge in [-0.15, -0.1) is 12.4 Å². The molecule has 1 atom stereocenters. The van der Waals surface area contributed by atoms with E-state index in [1.54, 1.807) is 0 Å². The van der Waals surface area contributed by atoms with Gasteiger partial charge in [-0.1, -0.05) is 6.92 Å². The maximum absolute atomic E-state index is 5.95. The second-order valence-corrected chi connectivity index (χ2v) is 3.34. The minimum absolute atomic E-state index is 0. The standard InChI is InChI=1S/C10H14N2O.ClH/c1-2-7-5-8-9(11)3-4-13-10(8)12-6-7;/h5-6,9H,2-4,11H2,1H3;1H/t9-;/m0./s1. The van der Waals surface area contributed by atoms with E-state index >= 15 is 0 Å². The monoisotopic (exact) mass is 214 g/mol. The molecule has 0 aromatic carbocycles. The van der Waals surface area contributed by atoms with Crippen LogP contribution in [0.2, 0.25) is 0 Å². The Kier molecular flexibility index (Phi) is 3.72. The fourth-order valence-corrected chi connectivity index (χ4v) is 1.53. The predicted molar refractivity (Wildman–Crippen MR) is 57.9 cm³/mol. The second kappa shape index (κ2) is 4.62. The molecule has 0 bridgehead atoms. The third-order valence-electron chi connectivity index (χ3n) is 2.41. The topological polar surface area (TPSA) is 48.1 Å². The Morgan fingerprint density at radius 1 is 1.64 bits per heavy atom. The molecule has 0 spiro atoms. The summed E-state index contributed by atoms with van der Waals surface area (Å²) in [5.74, 6) is 0.718. The zero-order chi connectivity index (χ0) is 9.26. The van der Waals surface area contributed by atoms with Crippen LogP contribution in [-0.2, 0) is 6.42 Å². The van der Waals surface area contributed by atoms with Gasteiger partial charge in [-0.25, -0.2) is 4.98 Å². The van der Waals surface area contributed by atoms with Gasteiger partial charge < -0.3 is 10.5 Å². The maximum Gasteiger partial charge on any atom is 0.218 e. The lowest BCUT2D eigenvalue weighted by Crippen LogP contribution is -2.21. The number of pyridine rings is 1. The van der Waals surface area contributed by atoms with Crippen LogP contribution in [0.4, 0.5) is 0 Å². The molecule has 14 heavy (non-hydrogen) atoms. The van der Waals surface area contributed by atoms with E-state index < -0.39 is 0 Å². The zero-order valence-corrected chi connectivity index (χ0v) is 9.01. The van der Waals surface area contributed by atoms with Crippen LogP contribution in [0.25, 0.3) is 0 Å². The van der Waals surface area contributed by atoms with E-state index in [9.17, 15) is 0 Å². The van der Waals surface area contributed by atoms with Crippen molar-refractivity contribution in [2.24, 2.45) is 5.73 Å². The first-order valence-corrected chi connectivity index (χ1v) is 4.68. The van der Waals surface area contributed by atoms with Crippen molar-refractivity contribution in [2.45, 2.75) is 25.8 Å². The number of ether oxygens (including phenoxy) is 1. The van der Waals surface area contributed by atoms with E-state index in [2.05, 4.69) is 18.0 Å². The van der Waals surface area contributed by atoms with Gasteiger partial charge >= 0.3 is 0 Å². The highest BCUT2D eigenvalue weighted by Crippen LogP contribution is 2.28. The van der Waals surface area contributed by atoms with Crippen molar-refractivity contribution in [1.82, 2.24) is 4.98 Å². The van der Waals surface area contributed by atoms with Crippen molar-refractivity contribution < 1.29 is 4.74 Å². The van der Waals surface area contributed by atoms with Gasteiger partial charge in [0.2, 0.25) is 5.88 Å². The molecule has 0 amide bonds. The van der Waals surface area contributed by atoms with Crippen LogP contribution in [0.3, 0.4) is 0 Å². The Bertz CT molecular complexity index is 317. The Labute approximate surface area is 90.1 Å². The van der Waals surface area contributed by atoms with Crippen molar-refractivity contribution >= 4 is 12.4 Å². The minimum Gasteiger partial charge on any atom is -0.477 e. The lowest BCUT2D eigenvalue weighted by Gasteiger charge is -2.22. The molecule has 1 aliphatic heterocycles. The summed E-state index contributed by atoms with van der Waals surface area (Å²) in [6.45, 7) is 2.80. The van der Waals surface area contributed by atoms with Crippen molar-refractivity contribution in [1.29, 1.82) is 0 Å². The van der Waals surface area contributed by atoms with Crippen molar-refractivity contribution in [3.8, 4) is 5.88 Å². The van der Waals surface area contributed by atoms with E-state index in [0.717, 1.165) is 24.3 Å². The van der Waals surface area contributed by atoms with Gasteiger partial charge in [-0.2, -0.15) is 0 Å². The molecule has 78 valence electrons. The van der Waals surface area contributed by atoms with Gasteiger partial charge in [0.15, 0.2) is 0 Å². The minimum atomic E-state index is 0. The van der Waals surface area contributed by atoms with Gasteiger partial charge in [0.1, 0.15) is 0 Å². The smallest absolute Gasteiger partial charge is 0.218 e. The van der Waals surface area contributed by atoms with E-state index in [-0.39, 0.29) is 18.4 Å². The number of halogens is 1. The molecular formula is C10H15ClN2O. The summed E-state index contributed by atoms with van der Waals surface area (Å²) in [6, 6.07) is 2.20. The Balaban J connectivity index is 0.000000980. The number of nitrogens with zero attached hydrogens (tertiary/aromatic N) is 1. The highest BCUT2D eigenvalue weighted by Gasteiger charge is 2.18. The molecule has 0 fully saturated rings. The first-order valence-electron chi connectivity index (χ1n) is 4.68. The van der Waals surface area contributed by atoms with Gasteiger partial charge in [0.25, 0.3) is 0 Å². The summed E-state index contributed by atoms with van der Waals surface area (Å²) >= 11 is 0. The van der Waals surface area contributed by atoms with E-state index in [1.165, 1.54) is 5.56 Å². The van der Waals surface area contributed by atoms with Crippen LogP contribution in [-0.4, -0.2) is 11.6 Å². The maximum atomic E-state index is 5.95. The number of nitrogens with two attached hydrogens (primary N) is 1. The first kappa shape index (κ1) is 11.3. The Morgan fingerprint density at radius 2 is 2.43 bits per heavy atom. The summed E-state index contributed by atoms with van der Waals surface area (Å²) in [6.07, 6.45) is 3.74. The lowest BCUT2D eigenvalue weighted by atomic mass is 10.0. The van der Waals surface area contributed by atoms with Crippen LogP contribution in [0.5, 0.6) is 5.88 Å². The van der Waals surface area contributed by atoms with Crippen molar-refractivity contribution in [2.75, 3.05) is 6.61 Å². The fourth-order valence-electron chi connectivity index (χ4n) is 1.53. The normalized spacial score (nSPS) is 19.1. The molecule has 1 aromatic heterocycles. The van der Waals surface area contributed by atoms with E-state index in [1.807, 2.05) is 6.20 Å². The van der Waals surface area contributed by atoms with E-state index in [4.69, 9.17) is 10.5 Å². The van der Waals surface area contributed by atoms with Crippen LogP contribution >= 0.6 is 12.4 Å². The van der Waals surface area contributed by atoms with Crippen LogP contribution in [0.1, 0.15) is 30.5 Å². The summed E-state index contributed by atoms with van der Waals surface area (Å²) in [5, 5.41) is 0. The third kappa shape index (κ3) is 1.99. The number of aromatic nitrogens is 1. The molecular weight excluding hydrogens is 200 g/mol. The van der Waals surface area contributed by atoms with Crippen molar-refractivity contribution in [3.63, 3.8) is 0 Å². The molecule has 0 aliphatic carbocycles. The van der Waals surface area contributed by atoms with Crippen molar-refractivity contribution in [3.05, 3.63) is 23.4 Å². The fraction of sp³-hybridized carbons (Fsp3) is 0.500. The highest BCUT2D eigenvalue weighted by molar-refractivity contribution is 5.85. The number of hydrogen-bond acceptors (Lipinski definition) is 3. The molecule has 0 saturated heterocycles. The van der Waals surface area contributed by atoms with E-state index in [0.29, 0.717) is 6.61 Å². The molecule has 1 aromatic rings. The van der Waals surface area contributed by atoms with Crippen LogP contribution < -0.4 is 10.5 Å². The van der Waals surface area contributed by atoms with Crippen LogP contribution in [0, 0.1) is 0 Å². The largest absolute Gasteiger partial charge is 0.477 e. The Hall–Kier alpha value is -0.800. The number of hydrogen-bond donors (Lipinski definition) is 1. The average molecular weight is 215 g/mol. The molecule has 0 saturated carbocycles. The second-order valence-electron chi connectivity index (χ2n) is 3.34. The molecule has 1 aliphatic rings. The lowest BCUT2D eigenvalue weighted by molar-refractivity contribution is 0.257.